The molecule has 8 nitrogen and oxygen atoms in total. The zero-order chi connectivity index (χ0) is 39.7. The first-order valence-electron chi connectivity index (χ1n) is 19.5. The van der Waals surface area contributed by atoms with Crippen molar-refractivity contribution in [2.24, 2.45) is 7.05 Å². The number of amides is 1. The Balaban J connectivity index is 1.25. The van der Waals surface area contributed by atoms with Crippen molar-refractivity contribution in [3.63, 3.8) is 0 Å². The van der Waals surface area contributed by atoms with Crippen molar-refractivity contribution in [2.45, 2.75) is 44.1 Å². The highest BCUT2D eigenvalue weighted by molar-refractivity contribution is 6.30. The number of hydrogen-bond donors (Lipinski definition) is 0. The highest BCUT2D eigenvalue weighted by atomic mass is 35.5. The first-order chi connectivity index (χ1) is 27.6. The summed E-state index contributed by atoms with van der Waals surface area (Å²) in [7, 11) is 3.86. The van der Waals surface area contributed by atoms with Crippen LogP contribution in [0, 0.1) is 0 Å². The molecule has 8 rings (SSSR count). The maximum Gasteiger partial charge on any atom is 0.410 e. The van der Waals surface area contributed by atoms with E-state index < -0.39 is 17.2 Å². The Morgan fingerprint density at radius 3 is 1.98 bits per heavy atom. The van der Waals surface area contributed by atoms with Crippen LogP contribution in [0.4, 0.5) is 4.79 Å². The highest BCUT2D eigenvalue weighted by Crippen LogP contribution is 2.46. The number of carbonyl (C=O) groups is 1. The Morgan fingerprint density at radius 1 is 0.825 bits per heavy atom. The monoisotopic (exact) mass is 778 g/mol. The van der Waals surface area contributed by atoms with Crippen molar-refractivity contribution < 1.29 is 18.8 Å². The maximum absolute atomic E-state index is 13.0. The average Bonchev–Trinajstić information content (AvgIpc) is 3.53. The number of imidazole rings is 1. The quantitative estimate of drug-likeness (QED) is 0.114. The number of carbonyl (C=O) groups excluding carboxylic acids is 1. The van der Waals surface area contributed by atoms with Gasteiger partial charge in [-0.1, -0.05) is 115 Å². The molecular weight excluding hydrogens is 730 g/mol. The van der Waals surface area contributed by atoms with Gasteiger partial charge in [0.1, 0.15) is 17.9 Å². The third kappa shape index (κ3) is 7.29. The molecule has 0 radical (unpaired) electrons. The Morgan fingerprint density at radius 2 is 1.42 bits per heavy atom. The number of fused-ring (bicyclic) bond motifs is 2. The third-order valence-electron chi connectivity index (χ3n) is 11.1. The Hall–Kier alpha value is -5.54. The molecule has 1 aliphatic heterocycles. The van der Waals surface area contributed by atoms with Crippen LogP contribution in [0.1, 0.15) is 77.7 Å². The molecule has 0 spiro atoms. The molecule has 1 unspecified atom stereocenters. The minimum absolute atomic E-state index is 0.180. The largest absolute Gasteiger partial charge is 0.444 e. The molecule has 1 fully saturated rings. The van der Waals surface area contributed by atoms with Gasteiger partial charge in [-0.3, -0.25) is 9.88 Å². The van der Waals surface area contributed by atoms with Crippen LogP contribution in [0.5, 0.6) is 0 Å². The average molecular weight is 779 g/mol. The number of nitrogens with zero attached hydrogens (tertiary/aromatic N) is 5. The molecule has 6 aromatic rings. The van der Waals surface area contributed by atoms with Gasteiger partial charge in [0.25, 0.3) is 0 Å². The predicted octanol–water partition coefficient (Wildman–Crippen LogP) is 9.09. The predicted molar refractivity (Wildman–Crippen MR) is 225 cm³/mol. The van der Waals surface area contributed by atoms with Gasteiger partial charge in [-0.15, -0.1) is 0 Å². The second-order valence-electron chi connectivity index (χ2n) is 15.8. The fraction of sp³-hybridized carbons (Fsp3) is 0.271. The first kappa shape index (κ1) is 38.3. The molecule has 0 N–H and O–H groups in total. The van der Waals surface area contributed by atoms with E-state index in [2.05, 4.69) is 149 Å². The lowest BCUT2D eigenvalue weighted by Crippen LogP contribution is -2.57. The van der Waals surface area contributed by atoms with E-state index in [-0.39, 0.29) is 12.1 Å². The summed E-state index contributed by atoms with van der Waals surface area (Å²) in [5, 5.41) is 0.639. The number of hydrogen-bond acceptors (Lipinski definition) is 5. The summed E-state index contributed by atoms with van der Waals surface area (Å²) in [6.07, 6.45) is 7.72. The minimum Gasteiger partial charge on any atom is -0.444 e. The lowest BCUT2D eigenvalue weighted by atomic mass is 9.76. The Kier molecular flexibility index (Phi) is 10.6. The number of aryl methyl sites for hydroxylation is 1. The topological polar surface area (TPSA) is 63.7 Å². The van der Waals surface area contributed by atoms with Crippen molar-refractivity contribution in [2.75, 3.05) is 33.3 Å². The van der Waals surface area contributed by atoms with Gasteiger partial charge in [0, 0.05) is 61.2 Å². The smallest absolute Gasteiger partial charge is 0.410 e. The number of aromatic nitrogens is 3. The molecule has 3 heterocycles. The van der Waals surface area contributed by atoms with E-state index in [0.717, 1.165) is 50.3 Å². The summed E-state index contributed by atoms with van der Waals surface area (Å²) in [5.41, 5.74) is 8.17. The highest BCUT2D eigenvalue weighted by Gasteiger charge is 2.45. The molecule has 1 aliphatic carbocycles. The number of piperazine rings is 1. The zero-order valence-corrected chi connectivity index (χ0v) is 33.9. The van der Waals surface area contributed by atoms with Gasteiger partial charge in [0.15, 0.2) is 11.2 Å². The number of pyridine rings is 1. The molecule has 9 heteroatoms. The number of halogens is 1. The molecule has 2 aliphatic rings. The van der Waals surface area contributed by atoms with Gasteiger partial charge in [-0.2, -0.15) is 0 Å². The van der Waals surface area contributed by atoms with Crippen LogP contribution in [0.15, 0.2) is 140 Å². The summed E-state index contributed by atoms with van der Waals surface area (Å²) in [6, 6.07) is 42.1. The normalized spacial score (nSPS) is 16.6. The molecule has 0 bridgehead atoms. The van der Waals surface area contributed by atoms with E-state index in [0.29, 0.717) is 31.2 Å². The van der Waals surface area contributed by atoms with E-state index in [9.17, 15) is 4.79 Å². The van der Waals surface area contributed by atoms with E-state index in [1.54, 1.807) is 12.0 Å². The minimum atomic E-state index is -0.694. The molecule has 57 heavy (non-hydrogen) atoms. The second kappa shape index (κ2) is 15.8. The van der Waals surface area contributed by atoms with Crippen LogP contribution in [0.25, 0.3) is 11.6 Å². The van der Waals surface area contributed by atoms with Crippen LogP contribution in [-0.2, 0) is 22.1 Å². The van der Waals surface area contributed by atoms with E-state index >= 15 is 0 Å². The summed E-state index contributed by atoms with van der Waals surface area (Å²) in [5.74, 6) is 0. The Labute approximate surface area is 340 Å². The van der Waals surface area contributed by atoms with E-state index in [4.69, 9.17) is 26.1 Å². The van der Waals surface area contributed by atoms with Crippen molar-refractivity contribution in [3.05, 3.63) is 190 Å². The third-order valence-corrected chi connectivity index (χ3v) is 11.4. The molecular formula is C48H49ClN5O3+. The molecule has 4 aromatic carbocycles. The van der Waals surface area contributed by atoms with E-state index in [1.807, 2.05) is 39.1 Å². The van der Waals surface area contributed by atoms with Gasteiger partial charge in [-0.25, -0.2) is 13.9 Å². The van der Waals surface area contributed by atoms with Gasteiger partial charge in [-0.05, 0) is 67.3 Å². The summed E-state index contributed by atoms with van der Waals surface area (Å²) >= 11 is 6.87. The second-order valence-corrected chi connectivity index (χ2v) is 16.3. The number of benzene rings is 4. The van der Waals surface area contributed by atoms with E-state index in [1.165, 1.54) is 0 Å². The molecule has 0 saturated carbocycles. The van der Waals surface area contributed by atoms with Crippen molar-refractivity contribution in [3.8, 4) is 0 Å². The van der Waals surface area contributed by atoms with Crippen LogP contribution in [0.3, 0.4) is 0 Å². The maximum atomic E-state index is 13.0. The molecule has 1 amide bonds. The summed E-state index contributed by atoms with van der Waals surface area (Å²) in [4.78, 5) is 22.3. The number of ether oxygens (including phenoxy) is 2. The van der Waals surface area contributed by atoms with Crippen LogP contribution in [-0.4, -0.2) is 64.3 Å². The first-order valence-corrected chi connectivity index (χ1v) is 19.9. The van der Waals surface area contributed by atoms with Gasteiger partial charge >= 0.3 is 6.09 Å². The summed E-state index contributed by atoms with van der Waals surface area (Å²) in [6.45, 7) is 8.11. The van der Waals surface area contributed by atoms with Crippen LogP contribution >= 0.6 is 11.6 Å². The van der Waals surface area contributed by atoms with Gasteiger partial charge in [0.05, 0.1) is 18.8 Å². The SMILES string of the molecule is COC(C1=Cc2cccnc2[C@@H](N2CCN(C(=O)OC(C)(C)C)CC2)c2ccc(Cl)cc21)c1c[n+](C(c2ccccc2)(c2ccccc2)c2ccccc2)cn1C. The van der Waals surface area contributed by atoms with Crippen molar-refractivity contribution >= 4 is 29.3 Å². The molecule has 2 atom stereocenters. The van der Waals surface area contributed by atoms with Gasteiger partial charge < -0.3 is 14.4 Å². The number of methoxy groups -OCH3 is 1. The summed E-state index contributed by atoms with van der Waals surface area (Å²) < 4.78 is 16.8. The molecule has 290 valence electrons. The fourth-order valence-electron chi connectivity index (χ4n) is 8.61. The fourth-order valence-corrected chi connectivity index (χ4v) is 8.79. The lowest BCUT2D eigenvalue weighted by Gasteiger charge is -2.40. The standard InChI is InChI=1S/C48H49ClN5O3/c1-47(2,3)57-46(55)53-28-26-52(27-29-53)44-39-24-23-38(49)31-40(39)41(30-34-16-15-25-50-43(34)44)45(56-5)42-32-54(33-51(42)4)48(35-17-9-6-10-18-35,36-19-11-7-12-20-36)37-21-13-8-14-22-37/h6-25,30-33,44-45H,26-29H2,1-5H3/q+1/t44-,45?/m0/s1. The number of rotatable bonds is 8. The van der Waals surface area contributed by atoms with Gasteiger partial charge in [0.2, 0.25) is 6.33 Å². The van der Waals surface area contributed by atoms with Crippen LogP contribution < -0.4 is 4.57 Å². The van der Waals surface area contributed by atoms with Crippen molar-refractivity contribution in [1.29, 1.82) is 0 Å². The molecule has 1 saturated heterocycles. The lowest BCUT2D eigenvalue weighted by molar-refractivity contribution is -0.734. The van der Waals surface area contributed by atoms with Crippen LogP contribution in [0.2, 0.25) is 5.02 Å². The zero-order valence-electron chi connectivity index (χ0n) is 33.2. The molecule has 2 aromatic heterocycles. The van der Waals surface area contributed by atoms with Crippen molar-refractivity contribution in [1.82, 2.24) is 19.4 Å². The Bertz CT molecular complexity index is 2290.